The van der Waals surface area contributed by atoms with Crippen LogP contribution in [0.1, 0.15) is 31.4 Å². The summed E-state index contributed by atoms with van der Waals surface area (Å²) in [5, 5.41) is 12.5. The summed E-state index contributed by atoms with van der Waals surface area (Å²) >= 11 is 0. The first-order chi connectivity index (χ1) is 11.8. The van der Waals surface area contributed by atoms with Gasteiger partial charge in [-0.2, -0.15) is 0 Å². The number of carbonyl (C=O) groups is 1. The number of hydrogen-bond acceptors (Lipinski definition) is 6. The molecular weight excluding hydrogens is 348 g/mol. The van der Waals surface area contributed by atoms with E-state index < -0.39 is 21.4 Å². The van der Waals surface area contributed by atoms with Crippen LogP contribution in [0.3, 0.4) is 0 Å². The topological polar surface area (TPSA) is 105 Å². The van der Waals surface area contributed by atoms with Crippen LogP contribution >= 0.6 is 0 Å². The Bertz CT molecular complexity index is 657. The number of anilines is 1. The van der Waals surface area contributed by atoms with Gasteiger partial charge in [-0.1, -0.05) is 29.6 Å². The van der Waals surface area contributed by atoms with Crippen molar-refractivity contribution in [1.29, 1.82) is 0 Å². The quantitative estimate of drug-likeness (QED) is 0.365. The number of aryl methyl sites for hydroxylation is 2. The lowest BCUT2D eigenvalue weighted by Crippen LogP contribution is -2.45. The lowest BCUT2D eigenvalue weighted by atomic mass is 10.1. The predicted octanol–water partition coefficient (Wildman–Crippen LogP) is 1.53. The number of ether oxygens (including phenoxy) is 1. The van der Waals surface area contributed by atoms with Gasteiger partial charge in [-0.15, -0.1) is 0 Å². The monoisotopic (exact) mass is 374 g/mol. The Hall–Kier alpha value is -1.52. The van der Waals surface area contributed by atoms with E-state index in [9.17, 15) is 18.3 Å². The summed E-state index contributed by atoms with van der Waals surface area (Å²) in [5.74, 6) is -1.04. The summed E-state index contributed by atoms with van der Waals surface area (Å²) in [5.41, 5.74) is -0.300. The highest BCUT2D eigenvalue weighted by molar-refractivity contribution is 7.90. The third-order valence-electron chi connectivity index (χ3n) is 3.41. The van der Waals surface area contributed by atoms with Crippen LogP contribution in [-0.2, 0) is 24.4 Å². The first-order valence-corrected chi connectivity index (χ1v) is 9.53. The summed E-state index contributed by atoms with van der Waals surface area (Å²) in [6.07, 6.45) is 0.441. The van der Waals surface area contributed by atoms with Crippen molar-refractivity contribution in [3.05, 3.63) is 29.3 Å². The number of para-hydroxylation sites is 1. The molecule has 25 heavy (non-hydrogen) atoms. The zero-order chi connectivity index (χ0) is 19.0. The van der Waals surface area contributed by atoms with Crippen molar-refractivity contribution in [2.24, 2.45) is 0 Å². The van der Waals surface area contributed by atoms with Gasteiger partial charge < -0.3 is 15.2 Å². The predicted molar refractivity (Wildman–Crippen MR) is 94.0 cm³/mol. The maximum Gasteiger partial charge on any atom is 0.272 e. The fraction of sp³-hybridized carbons (Fsp3) is 0.562. The number of rotatable bonds is 10. The number of nitrogens with one attached hydrogen (secondary N) is 1. The molecule has 1 amide bonds. The van der Waals surface area contributed by atoms with Crippen LogP contribution in [-0.4, -0.2) is 49.3 Å². The van der Waals surface area contributed by atoms with Crippen LogP contribution < -0.4 is 5.32 Å². The van der Waals surface area contributed by atoms with E-state index in [-0.39, 0.29) is 13.3 Å². The highest BCUT2D eigenvalue weighted by Gasteiger charge is 2.37. The van der Waals surface area contributed by atoms with Crippen LogP contribution in [0.5, 0.6) is 0 Å². The second kappa shape index (κ2) is 9.83. The summed E-state index contributed by atoms with van der Waals surface area (Å²) in [7, 11) is -4.41. The summed E-state index contributed by atoms with van der Waals surface area (Å²) in [4.78, 5) is 17.3. The number of hydrogen-bond donors (Lipinski definition) is 2. The average molecular weight is 374 g/mol. The molecule has 0 aliphatic rings. The van der Waals surface area contributed by atoms with E-state index in [0.717, 1.165) is 11.1 Å². The summed E-state index contributed by atoms with van der Waals surface area (Å²) < 4.78 is 30.5. The van der Waals surface area contributed by atoms with Crippen molar-refractivity contribution in [3.63, 3.8) is 0 Å². The number of carbonyl (C=O) groups excluding carboxylic acids is 1. The molecule has 0 bridgehead atoms. The van der Waals surface area contributed by atoms with Crippen LogP contribution in [0.4, 0.5) is 5.69 Å². The lowest BCUT2D eigenvalue weighted by molar-refractivity contribution is -0.173. The average Bonchev–Trinajstić information content (AvgIpc) is 2.56. The van der Waals surface area contributed by atoms with Gasteiger partial charge in [0.1, 0.15) is 0 Å². The highest BCUT2D eigenvalue weighted by Crippen LogP contribution is 2.20. The molecule has 8 nitrogen and oxygen atoms in total. The molecule has 0 aliphatic carbocycles. The van der Waals surface area contributed by atoms with Crippen LogP contribution in [0.25, 0.3) is 0 Å². The Morgan fingerprint density at radius 1 is 1.28 bits per heavy atom. The van der Waals surface area contributed by atoms with Crippen molar-refractivity contribution in [3.8, 4) is 0 Å². The van der Waals surface area contributed by atoms with E-state index in [0.29, 0.717) is 23.2 Å². The number of aliphatic hydroxyl groups is 1. The molecular formula is C16H26N2O6S. The molecule has 0 saturated carbocycles. The lowest BCUT2D eigenvalue weighted by Gasteiger charge is -2.23. The Labute approximate surface area is 148 Å². The number of hydroxylamine groups is 1. The minimum absolute atomic E-state index is 0.0108. The third-order valence-corrected chi connectivity index (χ3v) is 5.04. The number of sulfonamides is 1. The van der Waals surface area contributed by atoms with Crippen molar-refractivity contribution >= 4 is 21.6 Å². The fourth-order valence-electron chi connectivity index (χ4n) is 2.07. The molecule has 1 aromatic carbocycles. The molecule has 0 spiro atoms. The molecule has 1 atom stereocenters. The molecule has 142 valence electrons. The number of amides is 1. The Morgan fingerprint density at radius 2 is 1.88 bits per heavy atom. The van der Waals surface area contributed by atoms with Gasteiger partial charge in [0.15, 0.2) is 6.79 Å². The van der Waals surface area contributed by atoms with Gasteiger partial charge in [0, 0.05) is 18.8 Å². The first-order valence-electron chi connectivity index (χ1n) is 8.03. The van der Waals surface area contributed by atoms with E-state index in [1.54, 1.807) is 39.8 Å². The maximum atomic E-state index is 12.5. The molecule has 0 aliphatic heterocycles. The Balaban J connectivity index is 2.93. The van der Waals surface area contributed by atoms with E-state index >= 15 is 0 Å². The highest BCUT2D eigenvalue weighted by atomic mass is 32.2. The molecule has 1 unspecified atom stereocenters. The first kappa shape index (κ1) is 21.5. The SMILES string of the molecule is CCCN(OCOCC)S(=O)(=O)C(O)C(=O)Nc1c(C)cccc1C. The van der Waals surface area contributed by atoms with Gasteiger partial charge in [0.2, 0.25) is 0 Å². The van der Waals surface area contributed by atoms with Crippen LogP contribution in [0.15, 0.2) is 18.2 Å². The van der Waals surface area contributed by atoms with Gasteiger partial charge in [-0.3, -0.25) is 9.63 Å². The number of nitrogens with zero attached hydrogens (tertiary/aromatic N) is 1. The second-order valence-electron chi connectivity index (χ2n) is 5.42. The van der Waals surface area contributed by atoms with Crippen LogP contribution in [0, 0.1) is 13.8 Å². The van der Waals surface area contributed by atoms with Gasteiger partial charge in [0.05, 0.1) is 0 Å². The third kappa shape index (κ3) is 5.75. The van der Waals surface area contributed by atoms with Gasteiger partial charge >= 0.3 is 0 Å². The molecule has 0 radical (unpaired) electrons. The number of benzene rings is 1. The van der Waals surface area contributed by atoms with Crippen molar-refractivity contribution in [2.75, 3.05) is 25.3 Å². The molecule has 1 aromatic rings. The summed E-state index contributed by atoms with van der Waals surface area (Å²) in [6, 6.07) is 5.37. The van der Waals surface area contributed by atoms with Crippen molar-refractivity contribution in [1.82, 2.24) is 4.47 Å². The molecule has 2 N–H and O–H groups in total. The second-order valence-corrected chi connectivity index (χ2v) is 7.30. The molecule has 0 heterocycles. The maximum absolute atomic E-state index is 12.5. The molecule has 9 heteroatoms. The van der Waals surface area contributed by atoms with E-state index in [1.807, 2.05) is 6.07 Å². The molecule has 0 aromatic heterocycles. The van der Waals surface area contributed by atoms with Crippen molar-refractivity contribution in [2.45, 2.75) is 39.6 Å². The number of aliphatic hydroxyl groups excluding tert-OH is 1. The zero-order valence-corrected chi connectivity index (χ0v) is 15.8. The Kier molecular flexibility index (Phi) is 8.46. The minimum Gasteiger partial charge on any atom is -0.368 e. The standard InChI is InChI=1S/C16H26N2O6S/c1-5-10-18(24-11-23-6-2)25(21,22)16(20)15(19)17-14-12(3)8-7-9-13(14)4/h7-9,16,20H,5-6,10-11H2,1-4H3,(H,17,19). The van der Waals surface area contributed by atoms with E-state index in [2.05, 4.69) is 5.32 Å². The minimum atomic E-state index is -4.41. The fourth-order valence-corrected chi connectivity index (χ4v) is 3.25. The van der Waals surface area contributed by atoms with Crippen LogP contribution in [0.2, 0.25) is 0 Å². The molecule has 0 fully saturated rings. The van der Waals surface area contributed by atoms with Gasteiger partial charge in [-0.05, 0) is 38.3 Å². The summed E-state index contributed by atoms with van der Waals surface area (Å²) in [6.45, 7) is 7.07. The van der Waals surface area contributed by atoms with Gasteiger partial charge in [0.25, 0.3) is 21.4 Å². The van der Waals surface area contributed by atoms with Crippen molar-refractivity contribution < 1.29 is 27.9 Å². The zero-order valence-electron chi connectivity index (χ0n) is 15.0. The molecule has 0 saturated heterocycles. The van der Waals surface area contributed by atoms with E-state index in [4.69, 9.17) is 9.57 Å². The Morgan fingerprint density at radius 3 is 2.40 bits per heavy atom. The smallest absolute Gasteiger partial charge is 0.272 e. The largest absolute Gasteiger partial charge is 0.368 e. The molecule has 1 rings (SSSR count). The van der Waals surface area contributed by atoms with E-state index in [1.165, 1.54) is 0 Å². The van der Waals surface area contributed by atoms with Gasteiger partial charge in [-0.25, -0.2) is 8.42 Å². The normalized spacial score (nSPS) is 13.0.